The Kier molecular flexibility index (Phi) is 3.56. The van der Waals surface area contributed by atoms with Crippen molar-refractivity contribution >= 4 is 17.3 Å². The zero-order valence-corrected chi connectivity index (χ0v) is 10.2. The minimum absolute atomic E-state index is 0.612. The predicted molar refractivity (Wildman–Crippen MR) is 67.4 cm³/mol. The fourth-order valence-corrected chi connectivity index (χ4v) is 2.36. The van der Waals surface area contributed by atoms with Crippen LogP contribution >= 0.6 is 11.6 Å². The average molecular weight is 241 g/mol. The topological polar surface area (TPSA) is 38.5 Å². The third-order valence-electron chi connectivity index (χ3n) is 3.12. The molecule has 0 radical (unpaired) electrons. The van der Waals surface area contributed by atoms with Crippen molar-refractivity contribution in [2.24, 2.45) is 11.7 Å². The third kappa shape index (κ3) is 2.25. The highest BCUT2D eigenvalue weighted by Gasteiger charge is 2.21. The second-order valence-corrected chi connectivity index (χ2v) is 4.56. The van der Waals surface area contributed by atoms with Gasteiger partial charge in [-0.25, -0.2) is 0 Å². The Morgan fingerprint density at radius 1 is 1.56 bits per heavy atom. The SMILES string of the molecule is COc1ccc(N2CCC(CN)C2)cc1Cl. The van der Waals surface area contributed by atoms with E-state index in [-0.39, 0.29) is 0 Å². The fraction of sp³-hybridized carbons (Fsp3) is 0.500. The van der Waals surface area contributed by atoms with Crippen LogP contribution in [0.5, 0.6) is 5.75 Å². The van der Waals surface area contributed by atoms with Crippen molar-refractivity contribution < 1.29 is 4.74 Å². The standard InChI is InChI=1S/C12H17ClN2O/c1-16-12-3-2-10(6-11(12)13)15-5-4-9(7-14)8-15/h2-3,6,9H,4-5,7-8,14H2,1H3. The van der Waals surface area contributed by atoms with Gasteiger partial charge in [-0.2, -0.15) is 0 Å². The summed E-state index contributed by atoms with van der Waals surface area (Å²) >= 11 is 6.10. The normalized spacial score (nSPS) is 20.2. The lowest BCUT2D eigenvalue weighted by molar-refractivity contribution is 0.415. The molecule has 2 rings (SSSR count). The Bertz CT molecular complexity index is 370. The molecule has 16 heavy (non-hydrogen) atoms. The molecule has 0 spiro atoms. The van der Waals surface area contributed by atoms with Gasteiger partial charge in [0.2, 0.25) is 0 Å². The van der Waals surface area contributed by atoms with Crippen molar-refractivity contribution in [1.29, 1.82) is 0 Å². The van der Waals surface area contributed by atoms with Gasteiger partial charge in [0, 0.05) is 18.8 Å². The largest absolute Gasteiger partial charge is 0.495 e. The minimum Gasteiger partial charge on any atom is -0.495 e. The summed E-state index contributed by atoms with van der Waals surface area (Å²) in [6.07, 6.45) is 1.17. The maximum absolute atomic E-state index is 6.10. The van der Waals surface area contributed by atoms with Crippen LogP contribution < -0.4 is 15.4 Å². The molecule has 1 aromatic rings. The van der Waals surface area contributed by atoms with Gasteiger partial charge in [0.15, 0.2) is 0 Å². The van der Waals surface area contributed by atoms with Gasteiger partial charge in [-0.1, -0.05) is 11.6 Å². The summed E-state index contributed by atoms with van der Waals surface area (Å²) in [6.45, 7) is 2.85. The van der Waals surface area contributed by atoms with Gasteiger partial charge in [0.25, 0.3) is 0 Å². The summed E-state index contributed by atoms with van der Waals surface area (Å²) in [6, 6.07) is 5.91. The first-order chi connectivity index (χ1) is 7.74. The van der Waals surface area contributed by atoms with E-state index < -0.39 is 0 Å². The predicted octanol–water partition coefficient (Wildman–Crippen LogP) is 2.13. The first-order valence-electron chi connectivity index (χ1n) is 5.53. The molecular formula is C12H17ClN2O. The Morgan fingerprint density at radius 3 is 2.94 bits per heavy atom. The van der Waals surface area contributed by atoms with Gasteiger partial charge in [0.1, 0.15) is 5.75 Å². The lowest BCUT2D eigenvalue weighted by Crippen LogP contribution is -2.22. The molecule has 3 nitrogen and oxygen atoms in total. The molecule has 0 bridgehead atoms. The molecule has 4 heteroatoms. The highest BCUT2D eigenvalue weighted by molar-refractivity contribution is 6.32. The first-order valence-corrected chi connectivity index (χ1v) is 5.91. The van der Waals surface area contributed by atoms with Crippen LogP contribution in [0.3, 0.4) is 0 Å². The number of hydrogen-bond donors (Lipinski definition) is 1. The molecule has 1 fully saturated rings. The summed E-state index contributed by atoms with van der Waals surface area (Å²) in [4.78, 5) is 2.32. The maximum Gasteiger partial charge on any atom is 0.137 e. The van der Waals surface area contributed by atoms with Crippen molar-refractivity contribution in [3.05, 3.63) is 23.2 Å². The van der Waals surface area contributed by atoms with Crippen molar-refractivity contribution in [3.8, 4) is 5.75 Å². The van der Waals surface area contributed by atoms with Crippen LogP contribution in [-0.2, 0) is 0 Å². The number of nitrogens with zero attached hydrogens (tertiary/aromatic N) is 1. The molecule has 1 atom stereocenters. The number of ether oxygens (including phenoxy) is 1. The zero-order valence-electron chi connectivity index (χ0n) is 9.45. The summed E-state index contributed by atoms with van der Waals surface area (Å²) in [7, 11) is 1.63. The monoisotopic (exact) mass is 240 g/mol. The molecule has 1 aliphatic heterocycles. The van der Waals surface area contributed by atoms with Crippen LogP contribution in [0.4, 0.5) is 5.69 Å². The number of hydrogen-bond acceptors (Lipinski definition) is 3. The highest BCUT2D eigenvalue weighted by atomic mass is 35.5. The van der Waals surface area contributed by atoms with Crippen LogP contribution in [-0.4, -0.2) is 26.7 Å². The van der Waals surface area contributed by atoms with E-state index in [1.807, 2.05) is 18.2 Å². The summed E-state index contributed by atoms with van der Waals surface area (Å²) in [5.74, 6) is 1.33. The van der Waals surface area contributed by atoms with Crippen molar-refractivity contribution in [2.45, 2.75) is 6.42 Å². The number of methoxy groups -OCH3 is 1. The summed E-state index contributed by atoms with van der Waals surface area (Å²) < 4.78 is 5.13. The van der Waals surface area contributed by atoms with Gasteiger partial charge in [-0.05, 0) is 37.1 Å². The Hall–Kier alpha value is -0.930. The van der Waals surface area contributed by atoms with Crippen LogP contribution in [0.1, 0.15) is 6.42 Å². The van der Waals surface area contributed by atoms with E-state index in [1.165, 1.54) is 6.42 Å². The maximum atomic E-state index is 6.10. The fourth-order valence-electron chi connectivity index (χ4n) is 2.11. The van der Waals surface area contributed by atoms with Gasteiger partial charge >= 0.3 is 0 Å². The lowest BCUT2D eigenvalue weighted by atomic mass is 10.1. The first kappa shape index (κ1) is 11.6. The second kappa shape index (κ2) is 4.93. The van der Waals surface area contributed by atoms with Crippen LogP contribution in [0.2, 0.25) is 5.02 Å². The molecule has 2 N–H and O–H groups in total. The van der Waals surface area contributed by atoms with E-state index in [0.29, 0.717) is 10.9 Å². The van der Waals surface area contributed by atoms with Gasteiger partial charge in [-0.15, -0.1) is 0 Å². The van der Waals surface area contributed by atoms with E-state index in [9.17, 15) is 0 Å². The Labute approximate surface area is 101 Å². The number of rotatable bonds is 3. The minimum atomic E-state index is 0.612. The summed E-state index contributed by atoms with van der Waals surface area (Å²) in [5.41, 5.74) is 6.83. The van der Waals surface area contributed by atoms with E-state index in [2.05, 4.69) is 4.90 Å². The van der Waals surface area contributed by atoms with Crippen LogP contribution in [0.15, 0.2) is 18.2 Å². The molecule has 1 heterocycles. The molecule has 1 aromatic carbocycles. The van der Waals surface area contributed by atoms with Crippen molar-refractivity contribution in [2.75, 3.05) is 31.6 Å². The molecular weight excluding hydrogens is 224 g/mol. The quantitative estimate of drug-likeness (QED) is 0.880. The molecule has 0 aromatic heterocycles. The van der Waals surface area contributed by atoms with Crippen molar-refractivity contribution in [3.63, 3.8) is 0 Å². The third-order valence-corrected chi connectivity index (χ3v) is 3.42. The molecule has 1 aliphatic rings. The lowest BCUT2D eigenvalue weighted by Gasteiger charge is -2.19. The number of benzene rings is 1. The van der Waals surface area contributed by atoms with E-state index in [1.54, 1.807) is 7.11 Å². The Morgan fingerprint density at radius 2 is 2.38 bits per heavy atom. The average Bonchev–Trinajstić information content (AvgIpc) is 2.77. The molecule has 88 valence electrons. The van der Waals surface area contributed by atoms with Crippen LogP contribution in [0, 0.1) is 5.92 Å². The molecule has 1 saturated heterocycles. The highest BCUT2D eigenvalue weighted by Crippen LogP contribution is 2.31. The summed E-state index contributed by atoms with van der Waals surface area (Å²) in [5, 5.41) is 0.663. The molecule has 1 unspecified atom stereocenters. The molecule has 0 saturated carbocycles. The van der Waals surface area contributed by atoms with E-state index in [0.717, 1.165) is 31.1 Å². The van der Waals surface area contributed by atoms with Gasteiger partial charge in [0.05, 0.1) is 12.1 Å². The van der Waals surface area contributed by atoms with Gasteiger partial charge in [-0.3, -0.25) is 0 Å². The second-order valence-electron chi connectivity index (χ2n) is 4.16. The Balaban J connectivity index is 2.13. The smallest absolute Gasteiger partial charge is 0.137 e. The van der Waals surface area contributed by atoms with Crippen molar-refractivity contribution in [1.82, 2.24) is 0 Å². The van der Waals surface area contributed by atoms with E-state index in [4.69, 9.17) is 22.1 Å². The number of nitrogens with two attached hydrogens (primary N) is 1. The molecule has 0 amide bonds. The van der Waals surface area contributed by atoms with Crippen LogP contribution in [0.25, 0.3) is 0 Å². The van der Waals surface area contributed by atoms with Gasteiger partial charge < -0.3 is 15.4 Å². The number of anilines is 1. The zero-order chi connectivity index (χ0) is 11.5. The number of halogens is 1. The molecule has 0 aliphatic carbocycles. The van der Waals surface area contributed by atoms with E-state index >= 15 is 0 Å².